The molecule has 0 aliphatic rings. The zero-order valence-electron chi connectivity index (χ0n) is 9.19. The van der Waals surface area contributed by atoms with E-state index in [0.717, 1.165) is 6.42 Å². The average Bonchev–Trinajstić information content (AvgIpc) is 2.16. The summed E-state index contributed by atoms with van der Waals surface area (Å²) in [6, 6.07) is 0. The van der Waals surface area contributed by atoms with E-state index in [1.807, 2.05) is 6.92 Å². The Balaban J connectivity index is 0. The van der Waals surface area contributed by atoms with Crippen molar-refractivity contribution in [3.8, 4) is 0 Å². The fourth-order valence-corrected chi connectivity index (χ4v) is 0.740. The van der Waals surface area contributed by atoms with Crippen molar-refractivity contribution in [3.05, 3.63) is 0 Å². The fraction of sp³-hybridized carbons (Fsp3) is 1.00. The Morgan fingerprint density at radius 1 is 1.00 bits per heavy atom. The molecule has 2 atom stereocenters. The van der Waals surface area contributed by atoms with E-state index in [9.17, 15) is 0 Å². The van der Waals surface area contributed by atoms with E-state index in [-0.39, 0.29) is 25.4 Å². The highest BCUT2D eigenvalue weighted by Gasteiger charge is 1.95. The van der Waals surface area contributed by atoms with Gasteiger partial charge in [0.2, 0.25) is 0 Å². The quantitative estimate of drug-likeness (QED) is 0.505. The van der Waals surface area contributed by atoms with Crippen molar-refractivity contribution in [3.63, 3.8) is 0 Å². The van der Waals surface area contributed by atoms with Gasteiger partial charge in [-0.1, -0.05) is 6.92 Å². The van der Waals surface area contributed by atoms with E-state index in [1.54, 1.807) is 6.92 Å². The van der Waals surface area contributed by atoms with Gasteiger partial charge in [-0.25, -0.2) is 0 Å². The highest BCUT2D eigenvalue weighted by Crippen LogP contribution is 1.93. The molecule has 0 aromatic carbocycles. The van der Waals surface area contributed by atoms with Crippen molar-refractivity contribution < 1.29 is 20.4 Å². The van der Waals surface area contributed by atoms with Crippen molar-refractivity contribution in [2.75, 3.05) is 13.2 Å². The summed E-state index contributed by atoms with van der Waals surface area (Å²) in [5.41, 5.74) is 0. The van der Waals surface area contributed by atoms with Gasteiger partial charge in [0.1, 0.15) is 0 Å². The first kappa shape index (κ1) is 16.3. The van der Waals surface area contributed by atoms with E-state index in [0.29, 0.717) is 19.3 Å². The van der Waals surface area contributed by atoms with Gasteiger partial charge in [-0.2, -0.15) is 0 Å². The Morgan fingerprint density at radius 2 is 1.57 bits per heavy atom. The molecule has 2 unspecified atom stereocenters. The normalized spacial score (nSPS) is 14.1. The summed E-state index contributed by atoms with van der Waals surface area (Å²) < 4.78 is 0. The molecule has 0 aromatic heterocycles. The lowest BCUT2D eigenvalue weighted by Gasteiger charge is -2.01. The average molecular weight is 208 g/mol. The van der Waals surface area contributed by atoms with Crippen LogP contribution in [0.5, 0.6) is 0 Å². The van der Waals surface area contributed by atoms with Crippen LogP contribution in [0, 0.1) is 0 Å². The largest absolute Gasteiger partial charge is 0.396 e. The molecule has 0 heterocycles. The van der Waals surface area contributed by atoms with Crippen LogP contribution < -0.4 is 0 Å². The molecule has 0 aliphatic heterocycles. The molecule has 88 valence electrons. The molecule has 0 rings (SSSR count). The maximum atomic E-state index is 8.70. The summed E-state index contributed by atoms with van der Waals surface area (Å²) in [7, 11) is 0. The number of hydrogen-bond donors (Lipinski definition) is 4. The maximum Gasteiger partial charge on any atom is 0.0559 e. The highest BCUT2D eigenvalue weighted by atomic mass is 16.3. The molecule has 0 saturated carbocycles. The van der Waals surface area contributed by atoms with Crippen LogP contribution in [0.4, 0.5) is 0 Å². The molecule has 0 saturated heterocycles. The monoisotopic (exact) mass is 208 g/mol. The maximum absolute atomic E-state index is 8.70. The second kappa shape index (κ2) is 12.8. The summed E-state index contributed by atoms with van der Waals surface area (Å²) in [5, 5.41) is 33.7. The number of hydrogen-bond acceptors (Lipinski definition) is 4. The fourth-order valence-electron chi connectivity index (χ4n) is 0.740. The predicted molar refractivity (Wildman–Crippen MR) is 56.0 cm³/mol. The standard InChI is InChI=1S/2C5H12O2/c1-5(7)3-2-4-6;1-2-5(7)3-4-6/h2*5-7H,2-4H2,1H3. The summed E-state index contributed by atoms with van der Waals surface area (Å²) in [5.74, 6) is 0. The zero-order valence-corrected chi connectivity index (χ0v) is 9.19. The molecule has 0 fully saturated rings. The van der Waals surface area contributed by atoms with E-state index >= 15 is 0 Å². The van der Waals surface area contributed by atoms with Gasteiger partial charge in [-0.15, -0.1) is 0 Å². The molecule has 0 amide bonds. The Bertz CT molecular complexity index is 96.1. The van der Waals surface area contributed by atoms with Crippen molar-refractivity contribution >= 4 is 0 Å². The SMILES string of the molecule is CC(O)CCCO.CCC(O)CCO. The lowest BCUT2D eigenvalue weighted by molar-refractivity contribution is 0.129. The number of aliphatic hydroxyl groups is 4. The van der Waals surface area contributed by atoms with Gasteiger partial charge >= 0.3 is 0 Å². The van der Waals surface area contributed by atoms with Crippen molar-refractivity contribution in [1.29, 1.82) is 0 Å². The summed E-state index contributed by atoms with van der Waals surface area (Å²) in [6.07, 6.45) is 2.10. The Hall–Kier alpha value is -0.160. The summed E-state index contributed by atoms with van der Waals surface area (Å²) in [6.45, 7) is 3.88. The minimum atomic E-state index is -0.301. The van der Waals surface area contributed by atoms with Crippen LogP contribution in [0.15, 0.2) is 0 Å². The van der Waals surface area contributed by atoms with Crippen molar-refractivity contribution in [1.82, 2.24) is 0 Å². The third-order valence-corrected chi connectivity index (χ3v) is 1.71. The highest BCUT2D eigenvalue weighted by molar-refractivity contribution is 4.48. The first-order valence-electron chi connectivity index (χ1n) is 5.16. The predicted octanol–water partition coefficient (Wildman–Crippen LogP) is 0.279. The molecule has 0 bridgehead atoms. The third-order valence-electron chi connectivity index (χ3n) is 1.71. The van der Waals surface area contributed by atoms with Gasteiger partial charge < -0.3 is 20.4 Å². The second-order valence-corrected chi connectivity index (χ2v) is 3.29. The lowest BCUT2D eigenvalue weighted by Crippen LogP contribution is -2.05. The second-order valence-electron chi connectivity index (χ2n) is 3.29. The first-order chi connectivity index (χ1) is 6.58. The van der Waals surface area contributed by atoms with Crippen LogP contribution in [-0.4, -0.2) is 45.8 Å². The van der Waals surface area contributed by atoms with Gasteiger partial charge in [0.05, 0.1) is 12.2 Å². The van der Waals surface area contributed by atoms with E-state index in [2.05, 4.69) is 0 Å². The van der Waals surface area contributed by atoms with Gasteiger partial charge in [0.15, 0.2) is 0 Å². The van der Waals surface area contributed by atoms with Crippen LogP contribution in [0.3, 0.4) is 0 Å². The molecular weight excluding hydrogens is 184 g/mol. The van der Waals surface area contributed by atoms with E-state index in [1.165, 1.54) is 0 Å². The zero-order chi connectivity index (χ0) is 11.4. The lowest BCUT2D eigenvalue weighted by atomic mass is 10.2. The Labute approximate surface area is 86.2 Å². The van der Waals surface area contributed by atoms with Crippen LogP contribution in [0.1, 0.15) is 39.5 Å². The molecule has 0 spiro atoms. The Kier molecular flexibility index (Phi) is 14.9. The summed E-state index contributed by atoms with van der Waals surface area (Å²) in [4.78, 5) is 0. The first-order valence-corrected chi connectivity index (χ1v) is 5.16. The van der Waals surface area contributed by atoms with Gasteiger partial charge in [-0.05, 0) is 32.6 Å². The van der Waals surface area contributed by atoms with Crippen LogP contribution in [-0.2, 0) is 0 Å². The minimum absolute atomic E-state index is 0.0923. The third kappa shape index (κ3) is 17.8. The molecule has 4 nitrogen and oxygen atoms in total. The van der Waals surface area contributed by atoms with Gasteiger partial charge in [-0.3, -0.25) is 0 Å². The van der Waals surface area contributed by atoms with Gasteiger partial charge in [0.25, 0.3) is 0 Å². The van der Waals surface area contributed by atoms with Crippen LogP contribution in [0.25, 0.3) is 0 Å². The molecule has 0 aliphatic carbocycles. The molecule has 4 N–H and O–H groups in total. The summed E-state index contributed by atoms with van der Waals surface area (Å²) >= 11 is 0. The van der Waals surface area contributed by atoms with Crippen molar-refractivity contribution in [2.45, 2.75) is 51.7 Å². The van der Waals surface area contributed by atoms with E-state index in [4.69, 9.17) is 20.4 Å². The molecule has 0 radical (unpaired) electrons. The van der Waals surface area contributed by atoms with Crippen molar-refractivity contribution in [2.24, 2.45) is 0 Å². The van der Waals surface area contributed by atoms with Gasteiger partial charge in [0, 0.05) is 13.2 Å². The smallest absolute Gasteiger partial charge is 0.0559 e. The molecule has 14 heavy (non-hydrogen) atoms. The minimum Gasteiger partial charge on any atom is -0.396 e. The molecular formula is C10H24O4. The van der Waals surface area contributed by atoms with E-state index < -0.39 is 0 Å². The molecule has 4 heteroatoms. The molecule has 0 aromatic rings. The Morgan fingerprint density at radius 3 is 1.71 bits per heavy atom. The number of aliphatic hydroxyl groups excluding tert-OH is 4. The van der Waals surface area contributed by atoms with Crippen LogP contribution >= 0.6 is 0 Å². The number of rotatable bonds is 6. The topological polar surface area (TPSA) is 80.9 Å². The van der Waals surface area contributed by atoms with Crippen LogP contribution in [0.2, 0.25) is 0 Å².